The van der Waals surface area contributed by atoms with E-state index in [1.807, 2.05) is 12.1 Å². The summed E-state index contributed by atoms with van der Waals surface area (Å²) in [7, 11) is 0. The number of hydrogen-bond acceptors (Lipinski definition) is 3. The molecule has 1 N–H and O–H groups in total. The number of anilines is 1. The molecule has 2 aromatic heterocycles. The van der Waals surface area contributed by atoms with Crippen LogP contribution in [0, 0.1) is 5.92 Å². The monoisotopic (exact) mass is 336 g/mol. The lowest BCUT2D eigenvalue weighted by molar-refractivity contribution is -0.125. The minimum absolute atomic E-state index is 0.131. The van der Waals surface area contributed by atoms with Gasteiger partial charge in [-0.05, 0) is 43.5 Å². The van der Waals surface area contributed by atoms with Crippen molar-refractivity contribution in [2.75, 3.05) is 24.5 Å². The molecular weight excluding hydrogens is 312 g/mol. The third-order valence-electron chi connectivity index (χ3n) is 5.06. The zero-order chi connectivity index (χ0) is 17.2. The van der Waals surface area contributed by atoms with Gasteiger partial charge in [0.15, 0.2) is 5.82 Å². The Kier molecular flexibility index (Phi) is 4.30. The smallest absolute Gasteiger partial charge is 0.223 e. The van der Waals surface area contributed by atoms with E-state index < -0.39 is 0 Å². The summed E-state index contributed by atoms with van der Waals surface area (Å²) in [6.45, 7) is 4.60. The molecule has 0 spiro atoms. The van der Waals surface area contributed by atoms with Crippen molar-refractivity contribution in [2.45, 2.75) is 26.2 Å². The third-order valence-corrected chi connectivity index (χ3v) is 5.06. The molecule has 1 aliphatic rings. The number of carbonyl (C=O) groups is 1. The zero-order valence-electron chi connectivity index (χ0n) is 14.6. The Morgan fingerprint density at radius 2 is 1.92 bits per heavy atom. The van der Waals surface area contributed by atoms with Crippen molar-refractivity contribution in [3.05, 3.63) is 42.6 Å². The van der Waals surface area contributed by atoms with E-state index in [0.717, 1.165) is 61.3 Å². The molecular formula is C20H24N4O. The van der Waals surface area contributed by atoms with E-state index >= 15 is 0 Å². The molecule has 0 bridgehead atoms. The van der Waals surface area contributed by atoms with Crippen molar-refractivity contribution in [3.63, 3.8) is 0 Å². The number of rotatable bonds is 4. The van der Waals surface area contributed by atoms with Crippen molar-refractivity contribution < 1.29 is 4.79 Å². The van der Waals surface area contributed by atoms with Gasteiger partial charge in [-0.1, -0.05) is 19.1 Å². The molecule has 130 valence electrons. The predicted octanol–water partition coefficient (Wildman–Crippen LogP) is 3.23. The van der Waals surface area contributed by atoms with Crippen LogP contribution in [-0.4, -0.2) is 34.9 Å². The minimum atomic E-state index is 0.131. The lowest BCUT2D eigenvalue weighted by atomic mass is 9.96. The van der Waals surface area contributed by atoms with Crippen LogP contribution in [0.25, 0.3) is 16.6 Å². The highest BCUT2D eigenvalue weighted by atomic mass is 16.1. The number of carbonyl (C=O) groups excluding carboxylic acids is 1. The highest BCUT2D eigenvalue weighted by Gasteiger charge is 2.26. The van der Waals surface area contributed by atoms with Crippen molar-refractivity contribution in [3.8, 4) is 0 Å². The van der Waals surface area contributed by atoms with Crippen molar-refractivity contribution in [1.29, 1.82) is 0 Å². The van der Waals surface area contributed by atoms with Crippen LogP contribution >= 0.6 is 0 Å². The molecule has 5 heteroatoms. The van der Waals surface area contributed by atoms with E-state index in [-0.39, 0.29) is 11.8 Å². The summed E-state index contributed by atoms with van der Waals surface area (Å²) < 4.78 is 2.21. The first-order chi connectivity index (χ1) is 12.3. The first-order valence-electron chi connectivity index (χ1n) is 9.16. The maximum Gasteiger partial charge on any atom is 0.223 e. The minimum Gasteiger partial charge on any atom is -0.356 e. The van der Waals surface area contributed by atoms with E-state index in [1.54, 1.807) is 0 Å². The summed E-state index contributed by atoms with van der Waals surface area (Å²) in [6.07, 6.45) is 4.85. The molecule has 1 aromatic carbocycles. The van der Waals surface area contributed by atoms with Crippen molar-refractivity contribution in [1.82, 2.24) is 14.7 Å². The van der Waals surface area contributed by atoms with E-state index in [0.29, 0.717) is 0 Å². The van der Waals surface area contributed by atoms with Crippen LogP contribution in [0.2, 0.25) is 0 Å². The average Bonchev–Trinajstić information content (AvgIpc) is 3.16. The summed E-state index contributed by atoms with van der Waals surface area (Å²) in [5.41, 5.74) is 3.26. The van der Waals surface area contributed by atoms with Crippen LogP contribution in [0.15, 0.2) is 42.6 Å². The Hall–Kier alpha value is -2.56. The molecule has 1 fully saturated rings. The van der Waals surface area contributed by atoms with Gasteiger partial charge in [0.25, 0.3) is 0 Å². The Morgan fingerprint density at radius 3 is 2.72 bits per heavy atom. The van der Waals surface area contributed by atoms with Gasteiger partial charge in [-0.2, -0.15) is 0 Å². The summed E-state index contributed by atoms with van der Waals surface area (Å²) in [5, 5.41) is 3.03. The SMILES string of the molecule is CCCNC(=O)C1CCN(c2nc3ccccc3n3cccc23)CC1. The highest BCUT2D eigenvalue weighted by Crippen LogP contribution is 2.28. The van der Waals surface area contributed by atoms with Crippen LogP contribution < -0.4 is 10.2 Å². The van der Waals surface area contributed by atoms with Crippen LogP contribution in [0.3, 0.4) is 0 Å². The Labute approximate surface area is 147 Å². The maximum atomic E-state index is 12.2. The second-order valence-corrected chi connectivity index (χ2v) is 6.74. The van der Waals surface area contributed by atoms with Gasteiger partial charge < -0.3 is 14.6 Å². The number of benzene rings is 1. The van der Waals surface area contributed by atoms with Gasteiger partial charge in [0, 0.05) is 31.7 Å². The standard InChI is InChI=1S/C20H24N4O/c1-2-11-21-20(25)15-9-13-23(14-10-15)19-18-8-5-12-24(18)17-7-4-3-6-16(17)22-19/h3-8,12,15H,2,9-11,13-14H2,1H3,(H,21,25). The van der Waals surface area contributed by atoms with Crippen molar-refractivity contribution in [2.24, 2.45) is 5.92 Å². The third kappa shape index (κ3) is 2.95. The summed E-state index contributed by atoms with van der Waals surface area (Å²) in [5.74, 6) is 1.36. The fraction of sp³-hybridized carbons (Fsp3) is 0.400. The molecule has 1 aliphatic heterocycles. The number of nitrogens with zero attached hydrogens (tertiary/aromatic N) is 3. The molecule has 5 nitrogen and oxygen atoms in total. The second-order valence-electron chi connectivity index (χ2n) is 6.74. The van der Waals surface area contributed by atoms with E-state index in [9.17, 15) is 4.79 Å². The fourth-order valence-electron chi connectivity index (χ4n) is 3.69. The van der Waals surface area contributed by atoms with Gasteiger partial charge in [0.2, 0.25) is 5.91 Å². The summed E-state index contributed by atoms with van der Waals surface area (Å²) in [4.78, 5) is 19.4. The molecule has 0 unspecified atom stereocenters. The highest BCUT2D eigenvalue weighted by molar-refractivity contribution is 5.85. The van der Waals surface area contributed by atoms with Crippen LogP contribution in [0.4, 0.5) is 5.82 Å². The van der Waals surface area contributed by atoms with Gasteiger partial charge in [0.05, 0.1) is 16.6 Å². The summed E-state index contributed by atoms with van der Waals surface area (Å²) >= 11 is 0. The van der Waals surface area contributed by atoms with Crippen LogP contribution in [-0.2, 0) is 4.79 Å². The molecule has 25 heavy (non-hydrogen) atoms. The van der Waals surface area contributed by atoms with E-state index in [1.165, 1.54) is 0 Å². The van der Waals surface area contributed by atoms with Crippen molar-refractivity contribution >= 4 is 28.3 Å². The Bertz CT molecular complexity index is 893. The zero-order valence-corrected chi connectivity index (χ0v) is 14.6. The molecule has 0 aliphatic carbocycles. The maximum absolute atomic E-state index is 12.2. The van der Waals surface area contributed by atoms with Gasteiger partial charge in [0.1, 0.15) is 0 Å². The quantitative estimate of drug-likeness (QED) is 0.796. The van der Waals surface area contributed by atoms with E-state index in [4.69, 9.17) is 4.98 Å². The molecule has 0 saturated carbocycles. The largest absolute Gasteiger partial charge is 0.356 e. The topological polar surface area (TPSA) is 49.6 Å². The Balaban J connectivity index is 1.58. The molecule has 1 saturated heterocycles. The molecule has 0 atom stereocenters. The van der Waals surface area contributed by atoms with E-state index in [2.05, 4.69) is 52.0 Å². The second kappa shape index (κ2) is 6.75. The number of hydrogen-bond donors (Lipinski definition) is 1. The number of fused-ring (bicyclic) bond motifs is 3. The predicted molar refractivity (Wildman–Crippen MR) is 101 cm³/mol. The van der Waals surface area contributed by atoms with Gasteiger partial charge in [-0.15, -0.1) is 0 Å². The first kappa shape index (κ1) is 15.9. The Morgan fingerprint density at radius 1 is 1.16 bits per heavy atom. The number of aromatic nitrogens is 2. The molecule has 0 radical (unpaired) electrons. The lowest BCUT2D eigenvalue weighted by Gasteiger charge is -2.32. The van der Waals surface area contributed by atoms with Crippen LogP contribution in [0.5, 0.6) is 0 Å². The fourth-order valence-corrected chi connectivity index (χ4v) is 3.69. The first-order valence-corrected chi connectivity index (χ1v) is 9.16. The van der Waals surface area contributed by atoms with Gasteiger partial charge >= 0.3 is 0 Å². The number of piperidine rings is 1. The van der Waals surface area contributed by atoms with Gasteiger partial charge in [-0.3, -0.25) is 4.79 Å². The lowest BCUT2D eigenvalue weighted by Crippen LogP contribution is -2.41. The van der Waals surface area contributed by atoms with Gasteiger partial charge in [-0.25, -0.2) is 4.98 Å². The van der Waals surface area contributed by atoms with Crippen LogP contribution in [0.1, 0.15) is 26.2 Å². The number of amides is 1. The molecule has 1 amide bonds. The molecule has 3 aromatic rings. The molecule has 3 heterocycles. The summed E-state index contributed by atoms with van der Waals surface area (Å²) in [6, 6.07) is 12.4. The number of nitrogens with one attached hydrogen (secondary N) is 1. The number of para-hydroxylation sites is 2. The average molecular weight is 336 g/mol. The normalized spacial score (nSPS) is 15.8. The molecule has 4 rings (SSSR count).